The number of carbonyl (C=O) groups excluding carboxylic acids is 2. The van der Waals surface area contributed by atoms with Gasteiger partial charge in [-0.15, -0.1) is 11.3 Å². The number of hydrogen-bond acceptors (Lipinski definition) is 4. The molecular formula is C43H29NO2S. The molecule has 1 heterocycles. The van der Waals surface area contributed by atoms with Crippen molar-refractivity contribution in [2.24, 2.45) is 0 Å². The first-order chi connectivity index (χ1) is 22.9. The Morgan fingerprint density at radius 1 is 0.532 bits per heavy atom. The van der Waals surface area contributed by atoms with E-state index in [-0.39, 0.29) is 22.6 Å². The smallest absolute Gasteiger partial charge is 0.197 e. The summed E-state index contributed by atoms with van der Waals surface area (Å²) in [7, 11) is 0. The van der Waals surface area contributed by atoms with Gasteiger partial charge in [-0.1, -0.05) is 92.7 Å². The number of anilines is 3. The molecule has 1 aromatic heterocycles. The van der Waals surface area contributed by atoms with Gasteiger partial charge < -0.3 is 4.90 Å². The van der Waals surface area contributed by atoms with Crippen LogP contribution in [-0.2, 0) is 5.41 Å². The molecule has 47 heavy (non-hydrogen) atoms. The summed E-state index contributed by atoms with van der Waals surface area (Å²) in [6.45, 7) is 4.53. The van der Waals surface area contributed by atoms with Gasteiger partial charge in [0, 0.05) is 43.4 Å². The van der Waals surface area contributed by atoms with Gasteiger partial charge >= 0.3 is 0 Å². The number of hydrogen-bond donors (Lipinski definition) is 0. The maximum absolute atomic E-state index is 13.5. The minimum atomic E-state index is -0.260. The number of allylic oxidation sites excluding steroid dienone is 1. The summed E-state index contributed by atoms with van der Waals surface area (Å²) < 4.78 is 0. The quantitative estimate of drug-likeness (QED) is 0.145. The summed E-state index contributed by atoms with van der Waals surface area (Å²) in [5.74, 6) is -0.383. The van der Waals surface area contributed by atoms with Crippen LogP contribution in [0.25, 0.3) is 38.1 Å². The van der Waals surface area contributed by atoms with E-state index in [2.05, 4.69) is 110 Å². The van der Waals surface area contributed by atoms with Crippen molar-refractivity contribution < 1.29 is 9.59 Å². The number of carbonyl (C=O) groups is 2. The zero-order chi connectivity index (χ0) is 31.9. The molecule has 0 aliphatic heterocycles. The van der Waals surface area contributed by atoms with E-state index in [4.69, 9.17) is 0 Å². The first-order valence-corrected chi connectivity index (χ1v) is 16.7. The van der Waals surface area contributed by atoms with Crippen molar-refractivity contribution >= 4 is 67.6 Å². The van der Waals surface area contributed by atoms with Crippen LogP contribution in [0.4, 0.5) is 17.1 Å². The lowest BCUT2D eigenvalue weighted by atomic mass is 9.82. The van der Waals surface area contributed by atoms with E-state index in [0.717, 1.165) is 32.7 Å². The van der Waals surface area contributed by atoms with Crippen molar-refractivity contribution in [2.45, 2.75) is 19.3 Å². The third-order valence-corrected chi connectivity index (χ3v) is 10.9. The fourth-order valence-corrected chi connectivity index (χ4v) is 8.60. The van der Waals surface area contributed by atoms with Crippen molar-refractivity contribution in [1.29, 1.82) is 0 Å². The van der Waals surface area contributed by atoms with E-state index < -0.39 is 0 Å². The number of rotatable bonds is 4. The van der Waals surface area contributed by atoms with Gasteiger partial charge in [0.15, 0.2) is 11.6 Å². The van der Waals surface area contributed by atoms with Crippen LogP contribution < -0.4 is 4.90 Å². The maximum atomic E-state index is 13.5. The van der Waals surface area contributed by atoms with Crippen LogP contribution in [0.15, 0.2) is 139 Å². The molecule has 0 radical (unpaired) electrons. The van der Waals surface area contributed by atoms with Crippen LogP contribution in [0.1, 0.15) is 50.6 Å². The molecule has 0 bridgehead atoms. The van der Waals surface area contributed by atoms with Crippen molar-refractivity contribution in [3.8, 4) is 10.4 Å². The van der Waals surface area contributed by atoms with Gasteiger partial charge in [-0.25, -0.2) is 0 Å². The number of nitrogens with zero attached hydrogens (tertiary/aromatic N) is 1. The Hall–Kier alpha value is -5.58. The predicted octanol–water partition coefficient (Wildman–Crippen LogP) is 11.3. The fourth-order valence-electron chi connectivity index (χ4n) is 7.30. The van der Waals surface area contributed by atoms with Crippen molar-refractivity contribution in [3.05, 3.63) is 166 Å². The normalized spacial score (nSPS) is 14.4. The zero-order valence-corrected chi connectivity index (χ0v) is 26.8. The molecule has 0 saturated carbocycles. The second-order valence-electron chi connectivity index (χ2n) is 12.9. The first kappa shape index (κ1) is 27.7. The average molecular weight is 624 g/mol. The Kier molecular flexibility index (Phi) is 6.02. The summed E-state index contributed by atoms with van der Waals surface area (Å²) in [6, 6.07) is 46.1. The molecule has 9 rings (SSSR count). The second kappa shape index (κ2) is 10.2. The zero-order valence-electron chi connectivity index (χ0n) is 26.0. The topological polar surface area (TPSA) is 37.4 Å². The lowest BCUT2D eigenvalue weighted by molar-refractivity contribution is 0.0990. The molecule has 0 saturated heterocycles. The molecular weight excluding hydrogens is 595 g/mol. The Morgan fingerprint density at radius 3 is 1.79 bits per heavy atom. The molecule has 224 valence electrons. The molecule has 0 fully saturated rings. The van der Waals surface area contributed by atoms with E-state index in [1.165, 1.54) is 32.3 Å². The molecule has 6 aromatic carbocycles. The Morgan fingerprint density at radius 2 is 1.11 bits per heavy atom. The first-order valence-electron chi connectivity index (χ1n) is 15.8. The van der Waals surface area contributed by atoms with Crippen LogP contribution in [-0.4, -0.2) is 11.6 Å². The van der Waals surface area contributed by atoms with Gasteiger partial charge in [-0.2, -0.15) is 0 Å². The predicted molar refractivity (Wildman–Crippen MR) is 195 cm³/mol. The lowest BCUT2D eigenvalue weighted by Crippen LogP contribution is -2.16. The van der Waals surface area contributed by atoms with Crippen LogP contribution >= 0.6 is 11.3 Å². The van der Waals surface area contributed by atoms with Gasteiger partial charge in [0.05, 0.1) is 5.57 Å². The minimum Gasteiger partial charge on any atom is -0.310 e. The monoisotopic (exact) mass is 623 g/mol. The average Bonchev–Trinajstić information content (AvgIpc) is 3.69. The minimum absolute atomic E-state index is 0.191. The number of para-hydroxylation sites is 1. The SMILES string of the molecule is CC1(C)c2cc(N(c3ccccc3)c3ccc4ccccc4c3)ccc2-c2sc(C=C3C(=O)c4cc5ccccc5cc4C3=O)cc21. The Bertz CT molecular complexity index is 2430. The number of ketones is 2. The van der Waals surface area contributed by atoms with Crippen LogP contribution in [0.3, 0.4) is 0 Å². The molecule has 0 N–H and O–H groups in total. The Labute approximate surface area is 277 Å². The van der Waals surface area contributed by atoms with Gasteiger partial charge in [0.1, 0.15) is 0 Å². The standard InChI is InChI=1S/C43H29NO2S/c1-43(2)38-23-32(44(30-14-4-3-5-15-30)31-17-16-26-10-6-7-11-27(26)20-31)18-19-34(38)42-39(43)25-33(47-42)24-37-40(45)35-21-28-12-8-9-13-29(28)22-36(35)41(37)46/h3-25H,1-2H3. The molecule has 0 atom stereocenters. The highest BCUT2D eigenvalue weighted by Crippen LogP contribution is 2.54. The van der Waals surface area contributed by atoms with Crippen LogP contribution in [0, 0.1) is 0 Å². The molecule has 2 aliphatic carbocycles. The molecule has 2 aliphatic rings. The van der Waals surface area contributed by atoms with Gasteiger partial charge in [-0.05, 0) is 98.9 Å². The van der Waals surface area contributed by atoms with Gasteiger partial charge in [-0.3, -0.25) is 9.59 Å². The van der Waals surface area contributed by atoms with Gasteiger partial charge in [0.25, 0.3) is 0 Å². The molecule has 0 amide bonds. The lowest BCUT2D eigenvalue weighted by Gasteiger charge is -2.28. The van der Waals surface area contributed by atoms with Crippen molar-refractivity contribution in [3.63, 3.8) is 0 Å². The second-order valence-corrected chi connectivity index (χ2v) is 14.0. The molecule has 0 spiro atoms. The molecule has 3 nitrogen and oxygen atoms in total. The highest BCUT2D eigenvalue weighted by Gasteiger charge is 2.39. The number of benzene rings is 6. The van der Waals surface area contributed by atoms with E-state index in [1.54, 1.807) is 17.4 Å². The summed E-state index contributed by atoms with van der Waals surface area (Å²) in [5, 5.41) is 4.35. The highest BCUT2D eigenvalue weighted by molar-refractivity contribution is 7.16. The summed E-state index contributed by atoms with van der Waals surface area (Å²) >= 11 is 1.65. The summed E-state index contributed by atoms with van der Waals surface area (Å²) in [5.41, 5.74) is 7.98. The fraction of sp³-hybridized carbons (Fsp3) is 0.0698. The van der Waals surface area contributed by atoms with Gasteiger partial charge in [0.2, 0.25) is 0 Å². The van der Waals surface area contributed by atoms with Crippen molar-refractivity contribution in [1.82, 2.24) is 0 Å². The summed E-state index contributed by atoms with van der Waals surface area (Å²) in [6.07, 6.45) is 1.80. The van der Waals surface area contributed by atoms with E-state index >= 15 is 0 Å². The highest BCUT2D eigenvalue weighted by atomic mass is 32.1. The summed E-state index contributed by atoms with van der Waals surface area (Å²) in [4.78, 5) is 31.4. The number of fused-ring (bicyclic) bond motifs is 6. The van der Waals surface area contributed by atoms with Crippen LogP contribution in [0.5, 0.6) is 0 Å². The molecule has 7 aromatic rings. The van der Waals surface area contributed by atoms with E-state index in [1.807, 2.05) is 42.5 Å². The molecule has 0 unspecified atom stereocenters. The van der Waals surface area contributed by atoms with E-state index in [0.29, 0.717) is 11.1 Å². The maximum Gasteiger partial charge on any atom is 0.197 e. The van der Waals surface area contributed by atoms with Crippen molar-refractivity contribution in [2.75, 3.05) is 4.90 Å². The molecule has 4 heteroatoms. The third kappa shape index (κ3) is 4.25. The van der Waals surface area contributed by atoms with E-state index in [9.17, 15) is 9.59 Å². The number of Topliss-reactive ketones (excluding diaryl/α,β-unsaturated/α-hetero) is 2. The number of thiophene rings is 1. The largest absolute Gasteiger partial charge is 0.310 e. The van der Waals surface area contributed by atoms with Crippen LogP contribution in [0.2, 0.25) is 0 Å². The Balaban J connectivity index is 1.11. The third-order valence-electron chi connectivity index (χ3n) is 9.76.